The number of nitrogens with zero attached hydrogens (tertiary/aromatic N) is 3. The topological polar surface area (TPSA) is 73.0 Å². The van der Waals surface area contributed by atoms with E-state index in [1.54, 1.807) is 6.33 Å². The molecule has 3 aromatic heterocycles. The van der Waals surface area contributed by atoms with Gasteiger partial charge in [-0.05, 0) is 44.0 Å². The van der Waals surface area contributed by atoms with E-state index in [-0.39, 0.29) is 5.91 Å². The lowest BCUT2D eigenvalue weighted by Crippen LogP contribution is -2.26. The summed E-state index contributed by atoms with van der Waals surface area (Å²) in [5, 5.41) is 11.1. The van der Waals surface area contributed by atoms with Crippen molar-refractivity contribution >= 4 is 17.2 Å². The van der Waals surface area contributed by atoms with Gasteiger partial charge in [0, 0.05) is 19.0 Å². The Morgan fingerprint density at radius 2 is 2.25 bits per heavy atom. The van der Waals surface area contributed by atoms with E-state index in [4.69, 9.17) is 4.42 Å². The van der Waals surface area contributed by atoms with Gasteiger partial charge in [0.25, 0.3) is 5.91 Å². The predicted molar refractivity (Wildman–Crippen MR) is 91.1 cm³/mol. The molecule has 4 rings (SSSR count). The van der Waals surface area contributed by atoms with Crippen LogP contribution in [0.15, 0.2) is 35.0 Å². The molecule has 1 saturated carbocycles. The van der Waals surface area contributed by atoms with Crippen LogP contribution in [0, 0.1) is 6.92 Å². The first kappa shape index (κ1) is 15.1. The number of aromatic nitrogens is 3. The molecule has 0 spiro atoms. The van der Waals surface area contributed by atoms with Crippen LogP contribution in [-0.2, 0) is 6.54 Å². The molecule has 0 unspecified atom stereocenters. The molecule has 124 valence electrons. The Balaban J connectivity index is 1.34. The smallest absolute Gasteiger partial charge is 0.261 e. The molecule has 0 aromatic carbocycles. The lowest BCUT2D eigenvalue weighted by atomic mass is 10.3. The summed E-state index contributed by atoms with van der Waals surface area (Å²) in [4.78, 5) is 13.9. The summed E-state index contributed by atoms with van der Waals surface area (Å²) in [6, 6.07) is 7.60. The van der Waals surface area contributed by atoms with Gasteiger partial charge in [-0.2, -0.15) is 0 Å². The number of carbonyl (C=O) groups is 1. The predicted octanol–water partition coefficient (Wildman–Crippen LogP) is 3.22. The second-order valence-electron chi connectivity index (χ2n) is 5.99. The van der Waals surface area contributed by atoms with E-state index in [0.29, 0.717) is 23.9 Å². The zero-order valence-corrected chi connectivity index (χ0v) is 14.2. The van der Waals surface area contributed by atoms with E-state index < -0.39 is 0 Å². The average Bonchev–Trinajstić information content (AvgIpc) is 3.00. The van der Waals surface area contributed by atoms with Crippen LogP contribution in [-0.4, -0.2) is 27.2 Å². The van der Waals surface area contributed by atoms with Crippen molar-refractivity contribution in [3.05, 3.63) is 47.1 Å². The van der Waals surface area contributed by atoms with Gasteiger partial charge in [0.1, 0.15) is 23.7 Å². The molecule has 0 aliphatic heterocycles. The SMILES string of the molecule is Cc1ccc(-c2ccc(C(=O)NCCn3cnnc3C3CC3)s2)o1. The standard InChI is InChI=1S/C17H18N4O2S/c1-11-2-5-13(23-11)14-6-7-15(24-14)17(22)18-8-9-21-10-19-20-16(21)12-3-4-12/h2,5-7,10,12H,3-4,8-9H2,1H3,(H,18,22). The van der Waals surface area contributed by atoms with Crippen LogP contribution >= 0.6 is 11.3 Å². The Kier molecular flexibility index (Phi) is 3.93. The van der Waals surface area contributed by atoms with Crippen molar-refractivity contribution in [2.75, 3.05) is 6.54 Å². The molecule has 0 atom stereocenters. The molecule has 1 fully saturated rings. The Labute approximate surface area is 143 Å². The highest BCUT2D eigenvalue weighted by atomic mass is 32.1. The summed E-state index contributed by atoms with van der Waals surface area (Å²) in [5.74, 6) is 3.20. The van der Waals surface area contributed by atoms with Crippen molar-refractivity contribution in [1.82, 2.24) is 20.1 Å². The number of rotatable bonds is 6. The van der Waals surface area contributed by atoms with Crippen molar-refractivity contribution in [3.8, 4) is 10.6 Å². The van der Waals surface area contributed by atoms with Crippen LogP contribution < -0.4 is 5.32 Å². The van der Waals surface area contributed by atoms with Crippen LogP contribution in [0.2, 0.25) is 0 Å². The molecule has 1 amide bonds. The maximum absolute atomic E-state index is 12.3. The monoisotopic (exact) mass is 342 g/mol. The number of carbonyl (C=O) groups excluding carboxylic acids is 1. The van der Waals surface area contributed by atoms with Gasteiger partial charge in [0.2, 0.25) is 0 Å². The lowest BCUT2D eigenvalue weighted by Gasteiger charge is -2.06. The van der Waals surface area contributed by atoms with Crippen LogP contribution in [0.4, 0.5) is 0 Å². The molecular formula is C17H18N4O2S. The molecule has 6 nitrogen and oxygen atoms in total. The van der Waals surface area contributed by atoms with Crippen LogP contribution in [0.1, 0.15) is 40.0 Å². The second kappa shape index (κ2) is 6.24. The Bertz CT molecular complexity index is 859. The molecular weight excluding hydrogens is 324 g/mol. The van der Waals surface area contributed by atoms with E-state index in [2.05, 4.69) is 15.5 Å². The van der Waals surface area contributed by atoms with E-state index >= 15 is 0 Å². The number of nitrogens with one attached hydrogen (secondary N) is 1. The van der Waals surface area contributed by atoms with Gasteiger partial charge in [-0.3, -0.25) is 4.79 Å². The summed E-state index contributed by atoms with van der Waals surface area (Å²) in [6.07, 6.45) is 4.12. The normalized spacial score (nSPS) is 14.0. The minimum atomic E-state index is -0.0597. The quantitative estimate of drug-likeness (QED) is 0.746. The third-order valence-electron chi connectivity index (χ3n) is 4.04. The third kappa shape index (κ3) is 3.12. The number of furan rings is 1. The van der Waals surface area contributed by atoms with Gasteiger partial charge in [0.05, 0.1) is 9.75 Å². The summed E-state index contributed by atoms with van der Waals surface area (Å²) in [5.41, 5.74) is 0. The highest BCUT2D eigenvalue weighted by Crippen LogP contribution is 2.38. The van der Waals surface area contributed by atoms with Crippen molar-refractivity contribution < 1.29 is 9.21 Å². The summed E-state index contributed by atoms with van der Waals surface area (Å²) < 4.78 is 7.63. The maximum Gasteiger partial charge on any atom is 0.261 e. The first-order valence-corrected chi connectivity index (χ1v) is 8.85. The maximum atomic E-state index is 12.3. The van der Waals surface area contributed by atoms with Gasteiger partial charge in [0.15, 0.2) is 0 Å². The minimum Gasteiger partial charge on any atom is -0.461 e. The van der Waals surface area contributed by atoms with Gasteiger partial charge in [-0.15, -0.1) is 21.5 Å². The highest BCUT2D eigenvalue weighted by molar-refractivity contribution is 7.17. The van der Waals surface area contributed by atoms with E-state index in [0.717, 1.165) is 22.2 Å². The fourth-order valence-electron chi connectivity index (χ4n) is 2.63. The largest absolute Gasteiger partial charge is 0.461 e. The molecule has 3 heterocycles. The fourth-order valence-corrected chi connectivity index (χ4v) is 3.51. The van der Waals surface area contributed by atoms with Crippen molar-refractivity contribution in [1.29, 1.82) is 0 Å². The summed E-state index contributed by atoms with van der Waals surface area (Å²) >= 11 is 1.44. The van der Waals surface area contributed by atoms with Gasteiger partial charge in [-0.1, -0.05) is 0 Å². The molecule has 0 radical (unpaired) electrons. The minimum absolute atomic E-state index is 0.0597. The van der Waals surface area contributed by atoms with Crippen molar-refractivity contribution in [2.24, 2.45) is 0 Å². The average molecular weight is 342 g/mol. The molecule has 1 aliphatic carbocycles. The summed E-state index contributed by atoms with van der Waals surface area (Å²) in [6.45, 7) is 3.16. The van der Waals surface area contributed by atoms with Crippen LogP contribution in [0.5, 0.6) is 0 Å². The first-order chi connectivity index (χ1) is 11.7. The van der Waals surface area contributed by atoms with Gasteiger partial charge in [-0.25, -0.2) is 0 Å². The lowest BCUT2D eigenvalue weighted by molar-refractivity contribution is 0.0956. The fraction of sp³-hybridized carbons (Fsp3) is 0.353. The third-order valence-corrected chi connectivity index (χ3v) is 5.14. The molecule has 0 saturated heterocycles. The Hall–Kier alpha value is -2.41. The number of amides is 1. The van der Waals surface area contributed by atoms with E-state index in [1.807, 2.05) is 35.8 Å². The first-order valence-electron chi connectivity index (χ1n) is 8.03. The van der Waals surface area contributed by atoms with E-state index in [9.17, 15) is 4.79 Å². The molecule has 7 heteroatoms. The van der Waals surface area contributed by atoms with Crippen LogP contribution in [0.3, 0.4) is 0 Å². The second-order valence-corrected chi connectivity index (χ2v) is 7.07. The number of aryl methyl sites for hydroxylation is 1. The Morgan fingerprint density at radius 1 is 1.38 bits per heavy atom. The number of thiophene rings is 1. The van der Waals surface area contributed by atoms with E-state index in [1.165, 1.54) is 24.2 Å². The zero-order valence-electron chi connectivity index (χ0n) is 13.4. The number of hydrogen-bond donors (Lipinski definition) is 1. The molecule has 3 aromatic rings. The molecule has 1 aliphatic rings. The van der Waals surface area contributed by atoms with Crippen molar-refractivity contribution in [2.45, 2.75) is 32.2 Å². The molecule has 1 N–H and O–H groups in total. The molecule has 24 heavy (non-hydrogen) atoms. The van der Waals surface area contributed by atoms with Gasteiger partial charge >= 0.3 is 0 Å². The highest BCUT2D eigenvalue weighted by Gasteiger charge is 2.28. The van der Waals surface area contributed by atoms with Gasteiger partial charge < -0.3 is 14.3 Å². The van der Waals surface area contributed by atoms with Crippen LogP contribution in [0.25, 0.3) is 10.6 Å². The Morgan fingerprint density at radius 3 is 3.00 bits per heavy atom. The summed E-state index contributed by atoms with van der Waals surface area (Å²) in [7, 11) is 0. The zero-order chi connectivity index (χ0) is 16.5. The number of hydrogen-bond acceptors (Lipinski definition) is 5. The van der Waals surface area contributed by atoms with Crippen molar-refractivity contribution in [3.63, 3.8) is 0 Å². The molecule has 0 bridgehead atoms.